The first-order valence-corrected chi connectivity index (χ1v) is 6.28. The Morgan fingerprint density at radius 2 is 2.12 bits per heavy atom. The van der Waals surface area contributed by atoms with Gasteiger partial charge in [0.05, 0.1) is 11.8 Å². The Hall–Kier alpha value is -1.75. The molecule has 0 spiro atoms. The third-order valence-electron chi connectivity index (χ3n) is 2.32. The SMILES string of the molecule is CSc1nc(O)cc(=O)n1-c1cccc(C)c1. The average molecular weight is 248 g/mol. The van der Waals surface area contributed by atoms with Crippen molar-refractivity contribution in [3.63, 3.8) is 0 Å². The van der Waals surface area contributed by atoms with Crippen molar-refractivity contribution in [3.8, 4) is 11.6 Å². The van der Waals surface area contributed by atoms with E-state index in [-0.39, 0.29) is 11.4 Å². The van der Waals surface area contributed by atoms with Crippen molar-refractivity contribution < 1.29 is 5.11 Å². The van der Waals surface area contributed by atoms with E-state index in [1.807, 2.05) is 37.4 Å². The fourth-order valence-corrected chi connectivity index (χ4v) is 2.15. The first kappa shape index (κ1) is 11.7. The molecule has 0 aliphatic rings. The summed E-state index contributed by atoms with van der Waals surface area (Å²) in [6.45, 7) is 1.96. The predicted molar refractivity (Wildman–Crippen MR) is 68.0 cm³/mol. The molecule has 0 fully saturated rings. The van der Waals surface area contributed by atoms with Crippen LogP contribution in [0.15, 0.2) is 40.3 Å². The molecule has 0 aliphatic carbocycles. The Bertz CT molecular complexity index is 608. The van der Waals surface area contributed by atoms with Gasteiger partial charge in [-0.1, -0.05) is 23.9 Å². The lowest BCUT2D eigenvalue weighted by atomic mass is 10.2. The molecule has 2 rings (SSSR count). The smallest absolute Gasteiger partial charge is 0.262 e. The Labute approximate surface area is 103 Å². The summed E-state index contributed by atoms with van der Waals surface area (Å²) in [7, 11) is 0. The number of rotatable bonds is 2. The number of aryl methyl sites for hydroxylation is 1. The molecule has 1 heterocycles. The molecular weight excluding hydrogens is 236 g/mol. The number of nitrogens with zero attached hydrogens (tertiary/aromatic N) is 2. The van der Waals surface area contributed by atoms with Crippen LogP contribution in [0.25, 0.3) is 5.69 Å². The van der Waals surface area contributed by atoms with E-state index >= 15 is 0 Å². The Morgan fingerprint density at radius 1 is 1.35 bits per heavy atom. The molecule has 0 aliphatic heterocycles. The molecular formula is C12H12N2O2S. The minimum atomic E-state index is -0.285. The zero-order chi connectivity index (χ0) is 12.4. The van der Waals surface area contributed by atoms with Crippen molar-refractivity contribution in [2.75, 3.05) is 6.26 Å². The molecule has 2 aromatic rings. The highest BCUT2D eigenvalue weighted by Crippen LogP contribution is 2.18. The van der Waals surface area contributed by atoms with Crippen LogP contribution < -0.4 is 5.56 Å². The highest BCUT2D eigenvalue weighted by molar-refractivity contribution is 7.98. The molecule has 4 nitrogen and oxygen atoms in total. The quantitative estimate of drug-likeness (QED) is 0.652. The van der Waals surface area contributed by atoms with Gasteiger partial charge in [-0.3, -0.25) is 9.36 Å². The van der Waals surface area contributed by atoms with Gasteiger partial charge < -0.3 is 5.11 Å². The summed E-state index contributed by atoms with van der Waals surface area (Å²) in [6, 6.07) is 8.70. The van der Waals surface area contributed by atoms with E-state index in [1.165, 1.54) is 16.3 Å². The molecule has 1 aromatic carbocycles. The number of hydrogen-bond donors (Lipinski definition) is 1. The number of aromatic hydroxyl groups is 1. The highest BCUT2D eigenvalue weighted by atomic mass is 32.2. The van der Waals surface area contributed by atoms with Gasteiger partial charge in [0.25, 0.3) is 5.56 Å². The molecule has 0 unspecified atom stereocenters. The van der Waals surface area contributed by atoms with Gasteiger partial charge >= 0.3 is 0 Å². The number of aromatic nitrogens is 2. The first-order valence-electron chi connectivity index (χ1n) is 5.06. The molecule has 1 aromatic heterocycles. The lowest BCUT2D eigenvalue weighted by molar-refractivity contribution is 0.441. The minimum Gasteiger partial charge on any atom is -0.493 e. The van der Waals surface area contributed by atoms with E-state index in [2.05, 4.69) is 4.98 Å². The maximum absolute atomic E-state index is 11.9. The molecule has 5 heteroatoms. The second-order valence-corrected chi connectivity index (χ2v) is 4.39. The van der Waals surface area contributed by atoms with E-state index in [1.54, 1.807) is 0 Å². The maximum atomic E-state index is 11.9. The van der Waals surface area contributed by atoms with E-state index < -0.39 is 0 Å². The van der Waals surface area contributed by atoms with Gasteiger partial charge in [-0.15, -0.1) is 0 Å². The van der Waals surface area contributed by atoms with Crippen LogP contribution in [-0.2, 0) is 0 Å². The lowest BCUT2D eigenvalue weighted by Crippen LogP contribution is -2.20. The Morgan fingerprint density at radius 3 is 2.76 bits per heavy atom. The van der Waals surface area contributed by atoms with Crippen LogP contribution in [0.2, 0.25) is 0 Å². The Balaban J connectivity index is 2.70. The minimum absolute atomic E-state index is 0.247. The molecule has 1 N–H and O–H groups in total. The highest BCUT2D eigenvalue weighted by Gasteiger charge is 2.09. The van der Waals surface area contributed by atoms with E-state index in [0.29, 0.717) is 5.16 Å². The topological polar surface area (TPSA) is 55.1 Å². The summed E-state index contributed by atoms with van der Waals surface area (Å²) >= 11 is 1.32. The summed E-state index contributed by atoms with van der Waals surface area (Å²) in [4.78, 5) is 15.8. The van der Waals surface area contributed by atoms with Crippen molar-refractivity contribution in [1.29, 1.82) is 0 Å². The molecule has 0 radical (unpaired) electrons. The van der Waals surface area contributed by atoms with Gasteiger partial charge in [0.1, 0.15) is 0 Å². The normalized spacial score (nSPS) is 10.5. The van der Waals surface area contributed by atoms with E-state index in [9.17, 15) is 9.90 Å². The van der Waals surface area contributed by atoms with Gasteiger partial charge in [-0.25, -0.2) is 0 Å². The van der Waals surface area contributed by atoms with E-state index in [0.717, 1.165) is 17.3 Å². The van der Waals surface area contributed by atoms with Gasteiger partial charge in [0.2, 0.25) is 5.88 Å². The molecule has 17 heavy (non-hydrogen) atoms. The van der Waals surface area contributed by atoms with Crippen molar-refractivity contribution in [1.82, 2.24) is 9.55 Å². The second-order valence-electron chi connectivity index (χ2n) is 3.61. The zero-order valence-electron chi connectivity index (χ0n) is 9.54. The third kappa shape index (κ3) is 2.34. The van der Waals surface area contributed by atoms with Crippen LogP contribution >= 0.6 is 11.8 Å². The van der Waals surface area contributed by atoms with Crippen molar-refractivity contribution in [2.24, 2.45) is 0 Å². The van der Waals surface area contributed by atoms with Crippen LogP contribution in [0.5, 0.6) is 5.88 Å². The van der Waals surface area contributed by atoms with Crippen molar-refractivity contribution >= 4 is 11.8 Å². The van der Waals surface area contributed by atoms with Crippen LogP contribution in [0.3, 0.4) is 0 Å². The van der Waals surface area contributed by atoms with Crippen LogP contribution in [0.1, 0.15) is 5.56 Å². The fourth-order valence-electron chi connectivity index (χ4n) is 1.59. The molecule has 0 bridgehead atoms. The standard InChI is InChI=1S/C12H12N2O2S/c1-8-4-3-5-9(6-8)14-11(16)7-10(15)13-12(14)17-2/h3-7,15H,1-2H3. The van der Waals surface area contributed by atoms with Crippen molar-refractivity contribution in [2.45, 2.75) is 12.1 Å². The second kappa shape index (κ2) is 4.63. The lowest BCUT2D eigenvalue weighted by Gasteiger charge is -2.10. The van der Waals surface area contributed by atoms with Gasteiger partial charge in [0.15, 0.2) is 5.16 Å². The molecule has 88 valence electrons. The number of hydrogen-bond acceptors (Lipinski definition) is 4. The zero-order valence-corrected chi connectivity index (χ0v) is 10.4. The predicted octanol–water partition coefficient (Wildman–Crippen LogP) is 1.97. The molecule has 0 atom stereocenters. The van der Waals surface area contributed by atoms with Crippen LogP contribution in [-0.4, -0.2) is 20.9 Å². The largest absolute Gasteiger partial charge is 0.493 e. The summed E-state index contributed by atoms with van der Waals surface area (Å²) in [5.74, 6) is -0.247. The monoisotopic (exact) mass is 248 g/mol. The molecule has 0 saturated carbocycles. The summed E-state index contributed by atoms with van der Waals surface area (Å²) in [6.07, 6.45) is 1.81. The summed E-state index contributed by atoms with van der Waals surface area (Å²) in [5.41, 5.74) is 1.54. The van der Waals surface area contributed by atoms with Crippen LogP contribution in [0.4, 0.5) is 0 Å². The fraction of sp³-hybridized carbons (Fsp3) is 0.167. The number of thioether (sulfide) groups is 1. The van der Waals surface area contributed by atoms with Gasteiger partial charge in [-0.05, 0) is 30.9 Å². The first-order chi connectivity index (χ1) is 8.11. The average Bonchev–Trinajstić information content (AvgIpc) is 2.27. The Kier molecular flexibility index (Phi) is 3.19. The molecule has 0 amide bonds. The van der Waals surface area contributed by atoms with Gasteiger partial charge in [0, 0.05) is 0 Å². The summed E-state index contributed by atoms with van der Waals surface area (Å²) in [5, 5.41) is 9.79. The maximum Gasteiger partial charge on any atom is 0.262 e. The van der Waals surface area contributed by atoms with Gasteiger partial charge in [-0.2, -0.15) is 4.98 Å². The molecule has 0 saturated heterocycles. The van der Waals surface area contributed by atoms with E-state index in [4.69, 9.17) is 0 Å². The summed E-state index contributed by atoms with van der Waals surface area (Å²) < 4.78 is 1.48. The van der Waals surface area contributed by atoms with Crippen LogP contribution in [0, 0.1) is 6.92 Å². The number of benzene rings is 1. The third-order valence-corrected chi connectivity index (χ3v) is 2.96. The van der Waals surface area contributed by atoms with Crippen molar-refractivity contribution in [3.05, 3.63) is 46.2 Å².